The molecular formula is C20H29N5O2S. The molecule has 2 heterocycles. The molecule has 1 saturated heterocycles. The van der Waals surface area contributed by atoms with E-state index in [1.54, 1.807) is 6.20 Å². The Kier molecular flexibility index (Phi) is 6.41. The number of likely N-dealkylation sites (N-methyl/N-ethyl adjacent to an activating group) is 1. The number of benzene rings is 1. The van der Waals surface area contributed by atoms with E-state index in [9.17, 15) is 4.79 Å². The number of carbonyl (C=O) groups excluding carboxylic acids is 1. The van der Waals surface area contributed by atoms with Gasteiger partial charge in [0.1, 0.15) is 10.8 Å². The zero-order chi connectivity index (χ0) is 20.1. The van der Waals surface area contributed by atoms with E-state index in [1.807, 2.05) is 44.4 Å². The molecule has 1 fully saturated rings. The molecule has 0 spiro atoms. The molecule has 1 aromatic heterocycles. The lowest BCUT2D eigenvalue weighted by molar-refractivity contribution is 0.241. The maximum Gasteiger partial charge on any atom is 0.320 e. The molecule has 0 atom stereocenters. The number of thiazole rings is 1. The van der Waals surface area contributed by atoms with E-state index in [-0.39, 0.29) is 6.03 Å². The molecule has 2 aromatic rings. The monoisotopic (exact) mass is 403 g/mol. The van der Waals surface area contributed by atoms with Crippen molar-refractivity contribution in [3.63, 3.8) is 0 Å². The maximum absolute atomic E-state index is 12.6. The van der Waals surface area contributed by atoms with Crippen LogP contribution in [0.15, 0.2) is 29.8 Å². The fourth-order valence-electron chi connectivity index (χ4n) is 3.17. The largest absolute Gasteiger partial charge is 0.492 e. The quantitative estimate of drug-likeness (QED) is 0.774. The molecule has 1 aliphatic heterocycles. The van der Waals surface area contributed by atoms with Crippen molar-refractivity contribution in [3.8, 4) is 5.75 Å². The summed E-state index contributed by atoms with van der Waals surface area (Å²) in [6.45, 7) is 10.4. The summed E-state index contributed by atoms with van der Waals surface area (Å²) in [6, 6.07) is 5.67. The summed E-state index contributed by atoms with van der Waals surface area (Å²) in [6.07, 6.45) is 1.74. The number of piperazine rings is 1. The number of hydrogen-bond acceptors (Lipinski definition) is 6. The summed E-state index contributed by atoms with van der Waals surface area (Å²) in [4.78, 5) is 21.6. The number of hydrogen-bond donors (Lipinski definition) is 2. The molecule has 3 rings (SSSR count). The highest BCUT2D eigenvalue weighted by Crippen LogP contribution is 2.31. The first-order valence-electron chi connectivity index (χ1n) is 9.58. The third-order valence-corrected chi connectivity index (χ3v) is 5.87. The van der Waals surface area contributed by atoms with E-state index in [1.165, 1.54) is 11.3 Å². The minimum absolute atomic E-state index is 0.284. The average molecular weight is 404 g/mol. The highest BCUT2D eigenvalue weighted by atomic mass is 32.1. The van der Waals surface area contributed by atoms with Crippen LogP contribution in [-0.4, -0.2) is 55.7 Å². The van der Waals surface area contributed by atoms with Gasteiger partial charge in [0.15, 0.2) is 0 Å². The van der Waals surface area contributed by atoms with Gasteiger partial charge in [-0.1, -0.05) is 0 Å². The second-order valence-electron chi connectivity index (χ2n) is 7.45. The van der Waals surface area contributed by atoms with Crippen LogP contribution in [0.2, 0.25) is 0 Å². The normalized spacial score (nSPS) is 15.4. The summed E-state index contributed by atoms with van der Waals surface area (Å²) in [5, 5.41) is 8.67. The molecule has 0 unspecified atom stereocenters. The summed E-state index contributed by atoms with van der Waals surface area (Å²) in [5.41, 5.74) is 1.22. The minimum Gasteiger partial charge on any atom is -0.492 e. The van der Waals surface area contributed by atoms with Crippen molar-refractivity contribution in [1.82, 2.24) is 15.2 Å². The number of nitrogens with zero attached hydrogens (tertiary/aromatic N) is 3. The van der Waals surface area contributed by atoms with Crippen molar-refractivity contribution in [3.05, 3.63) is 34.8 Å². The molecule has 0 radical (unpaired) electrons. The van der Waals surface area contributed by atoms with Crippen molar-refractivity contribution in [2.24, 2.45) is 0 Å². The van der Waals surface area contributed by atoms with Gasteiger partial charge in [0, 0.05) is 49.5 Å². The molecule has 1 aromatic carbocycles. The predicted octanol–water partition coefficient (Wildman–Crippen LogP) is 3.35. The second kappa shape index (κ2) is 8.79. The Hall–Kier alpha value is -2.32. The van der Waals surface area contributed by atoms with Crippen LogP contribution in [0.25, 0.3) is 0 Å². The smallest absolute Gasteiger partial charge is 0.320 e. The molecule has 7 nitrogen and oxygen atoms in total. The third kappa shape index (κ3) is 4.94. The molecule has 2 N–H and O–H groups in total. The third-order valence-electron chi connectivity index (χ3n) is 4.77. The number of ether oxygens (including phenoxy) is 1. The van der Waals surface area contributed by atoms with Crippen LogP contribution in [-0.2, 0) is 5.54 Å². The number of rotatable bonds is 6. The predicted molar refractivity (Wildman–Crippen MR) is 115 cm³/mol. The van der Waals surface area contributed by atoms with Crippen molar-refractivity contribution in [2.75, 3.05) is 50.1 Å². The van der Waals surface area contributed by atoms with E-state index in [2.05, 4.69) is 32.5 Å². The molecule has 152 valence electrons. The minimum atomic E-state index is -0.552. The summed E-state index contributed by atoms with van der Waals surface area (Å²) in [7, 11) is 2.14. The Balaban J connectivity index is 1.71. The fourth-order valence-corrected chi connectivity index (χ4v) is 3.89. The lowest BCUT2D eigenvalue weighted by atomic mass is 10.1. The van der Waals surface area contributed by atoms with Crippen LogP contribution in [0, 0.1) is 0 Å². The van der Waals surface area contributed by atoms with Gasteiger partial charge in [-0.3, -0.25) is 0 Å². The first-order chi connectivity index (χ1) is 13.4. The Morgan fingerprint density at radius 3 is 2.68 bits per heavy atom. The van der Waals surface area contributed by atoms with Crippen LogP contribution in [0.4, 0.5) is 16.2 Å². The molecule has 0 aliphatic carbocycles. The fraction of sp³-hybridized carbons (Fsp3) is 0.500. The Bertz CT molecular complexity index is 786. The molecule has 2 amide bonds. The van der Waals surface area contributed by atoms with Gasteiger partial charge < -0.3 is 25.2 Å². The topological polar surface area (TPSA) is 69.7 Å². The lowest BCUT2D eigenvalue weighted by Crippen LogP contribution is -2.44. The zero-order valence-electron chi connectivity index (χ0n) is 17.0. The van der Waals surface area contributed by atoms with E-state index in [0.29, 0.717) is 18.0 Å². The number of amides is 2. The van der Waals surface area contributed by atoms with Crippen molar-refractivity contribution >= 4 is 28.7 Å². The van der Waals surface area contributed by atoms with Gasteiger partial charge in [0.05, 0.1) is 17.8 Å². The van der Waals surface area contributed by atoms with Gasteiger partial charge in [0.2, 0.25) is 0 Å². The molecular weight excluding hydrogens is 374 g/mol. The zero-order valence-corrected chi connectivity index (χ0v) is 17.8. The van der Waals surface area contributed by atoms with E-state index < -0.39 is 5.54 Å². The highest BCUT2D eigenvalue weighted by molar-refractivity contribution is 7.09. The van der Waals surface area contributed by atoms with Crippen LogP contribution in [0.1, 0.15) is 25.8 Å². The SMILES string of the molecule is CCOc1cc(N2CCN(C)CC2)ccc1NC(=O)NC(C)(C)c1nccs1. The van der Waals surface area contributed by atoms with E-state index in [0.717, 1.165) is 36.9 Å². The molecule has 1 aliphatic rings. The first-order valence-corrected chi connectivity index (χ1v) is 10.5. The Labute approximate surface area is 170 Å². The number of carbonyl (C=O) groups is 1. The molecule has 0 bridgehead atoms. The maximum atomic E-state index is 12.6. The van der Waals surface area contributed by atoms with E-state index >= 15 is 0 Å². The average Bonchev–Trinajstić information content (AvgIpc) is 3.19. The summed E-state index contributed by atoms with van der Waals surface area (Å²) in [5.74, 6) is 0.682. The van der Waals surface area contributed by atoms with Crippen LogP contribution < -0.4 is 20.3 Å². The number of aromatic nitrogens is 1. The van der Waals surface area contributed by atoms with Gasteiger partial charge in [-0.15, -0.1) is 11.3 Å². The summed E-state index contributed by atoms with van der Waals surface area (Å²) < 4.78 is 5.80. The molecule has 8 heteroatoms. The van der Waals surface area contributed by atoms with Gasteiger partial charge in [-0.25, -0.2) is 9.78 Å². The molecule has 0 saturated carbocycles. The van der Waals surface area contributed by atoms with Crippen LogP contribution >= 0.6 is 11.3 Å². The van der Waals surface area contributed by atoms with Gasteiger partial charge in [-0.05, 0) is 40.0 Å². The van der Waals surface area contributed by atoms with Crippen molar-refractivity contribution < 1.29 is 9.53 Å². The Morgan fingerprint density at radius 1 is 1.29 bits per heavy atom. The van der Waals surface area contributed by atoms with Crippen LogP contribution in [0.5, 0.6) is 5.75 Å². The standard InChI is InChI=1S/C20H29N5O2S/c1-5-27-17-14-15(25-11-9-24(4)10-12-25)6-7-16(17)22-19(26)23-20(2,3)18-21-8-13-28-18/h6-8,13-14H,5,9-12H2,1-4H3,(H2,22,23,26). The number of urea groups is 1. The lowest BCUT2D eigenvalue weighted by Gasteiger charge is -2.34. The second-order valence-corrected chi connectivity index (χ2v) is 8.34. The van der Waals surface area contributed by atoms with Crippen molar-refractivity contribution in [2.45, 2.75) is 26.3 Å². The van der Waals surface area contributed by atoms with Gasteiger partial charge in [0.25, 0.3) is 0 Å². The highest BCUT2D eigenvalue weighted by Gasteiger charge is 2.26. The van der Waals surface area contributed by atoms with Crippen molar-refractivity contribution in [1.29, 1.82) is 0 Å². The number of anilines is 2. The first kappa shape index (κ1) is 20.4. The van der Waals surface area contributed by atoms with E-state index in [4.69, 9.17) is 4.74 Å². The van der Waals surface area contributed by atoms with Crippen LogP contribution in [0.3, 0.4) is 0 Å². The van der Waals surface area contributed by atoms with Gasteiger partial charge >= 0.3 is 6.03 Å². The van der Waals surface area contributed by atoms with Gasteiger partial charge in [-0.2, -0.15) is 0 Å². The summed E-state index contributed by atoms with van der Waals surface area (Å²) >= 11 is 1.52. The Morgan fingerprint density at radius 2 is 2.04 bits per heavy atom. The number of nitrogens with one attached hydrogen (secondary N) is 2. The molecule has 28 heavy (non-hydrogen) atoms.